The lowest BCUT2D eigenvalue weighted by molar-refractivity contribution is -0.135. The summed E-state index contributed by atoms with van der Waals surface area (Å²) in [5.41, 5.74) is 6.27. The zero-order valence-corrected chi connectivity index (χ0v) is 33.6. The third-order valence-corrected chi connectivity index (χ3v) is 14.0. The minimum Gasteiger partial charge on any atom is -0.381 e. The van der Waals surface area contributed by atoms with E-state index in [9.17, 15) is 19.2 Å². The Kier molecular flexibility index (Phi) is 9.28. The SMILES string of the molecule is C[C@@H]1CNc2c(sc3ccc4nc(-c5ccc(N6CCC(CN7CCC(c8cccc9c8n(C)c(=O)n9C8CCC(=O)NC8=O)CC7)CC6)nc5)ccc4c23)C(=O)N1. The van der Waals surface area contributed by atoms with Crippen LogP contribution in [0.25, 0.3) is 43.3 Å². The van der Waals surface area contributed by atoms with Crippen LogP contribution < -0.4 is 26.5 Å². The van der Waals surface area contributed by atoms with Crippen LogP contribution in [0.1, 0.15) is 72.6 Å². The monoisotopic (exact) mass is 797 g/mol. The fourth-order valence-corrected chi connectivity index (χ4v) is 10.9. The molecule has 1 unspecified atom stereocenters. The number of hydrogen-bond acceptors (Lipinski definition) is 10. The number of para-hydroxylation sites is 1. The number of pyridine rings is 2. The van der Waals surface area contributed by atoms with Crippen LogP contribution >= 0.6 is 11.3 Å². The number of hydrogen-bond donors (Lipinski definition) is 3. The van der Waals surface area contributed by atoms with Gasteiger partial charge in [0.2, 0.25) is 11.8 Å². The van der Waals surface area contributed by atoms with Crippen molar-refractivity contribution in [2.75, 3.05) is 49.5 Å². The van der Waals surface area contributed by atoms with Gasteiger partial charge in [0, 0.05) is 72.9 Å². The summed E-state index contributed by atoms with van der Waals surface area (Å²) in [7, 11) is 1.79. The Balaban J connectivity index is 0.758. The lowest BCUT2D eigenvalue weighted by Crippen LogP contribution is -2.44. The minimum atomic E-state index is -0.675. The quantitative estimate of drug-likeness (QED) is 0.179. The number of nitrogens with zero attached hydrogens (tertiary/aromatic N) is 6. The van der Waals surface area contributed by atoms with Crippen molar-refractivity contribution in [1.82, 2.24) is 34.6 Å². The van der Waals surface area contributed by atoms with E-state index in [1.54, 1.807) is 16.2 Å². The van der Waals surface area contributed by atoms with Crippen LogP contribution in [0.4, 0.5) is 11.5 Å². The van der Waals surface area contributed by atoms with Crippen molar-refractivity contribution >= 4 is 72.6 Å². The zero-order valence-electron chi connectivity index (χ0n) is 32.8. The van der Waals surface area contributed by atoms with Crippen molar-refractivity contribution in [3.05, 3.63) is 81.7 Å². The summed E-state index contributed by atoms with van der Waals surface area (Å²) in [4.78, 5) is 66.5. The Hall–Kier alpha value is -5.60. The topological polar surface area (TPSA) is 146 Å². The van der Waals surface area contributed by atoms with E-state index in [2.05, 4.69) is 62.1 Å². The van der Waals surface area contributed by atoms with Crippen molar-refractivity contribution in [3.8, 4) is 11.3 Å². The number of fused-ring (bicyclic) bond motifs is 6. The van der Waals surface area contributed by atoms with Gasteiger partial charge in [-0.3, -0.25) is 28.8 Å². The van der Waals surface area contributed by atoms with Gasteiger partial charge in [-0.05, 0) is 112 Å². The highest BCUT2D eigenvalue weighted by molar-refractivity contribution is 7.21. The predicted molar refractivity (Wildman–Crippen MR) is 228 cm³/mol. The highest BCUT2D eigenvalue weighted by Gasteiger charge is 2.33. The minimum absolute atomic E-state index is 0.0248. The van der Waals surface area contributed by atoms with Crippen molar-refractivity contribution in [1.29, 1.82) is 0 Å². The molecule has 3 fully saturated rings. The molecule has 0 bridgehead atoms. The molecule has 2 atom stereocenters. The number of imide groups is 1. The molecule has 10 rings (SSSR count). The van der Waals surface area contributed by atoms with Crippen molar-refractivity contribution < 1.29 is 14.4 Å². The van der Waals surface area contributed by atoms with Crippen LogP contribution in [-0.4, -0.2) is 87.0 Å². The van der Waals surface area contributed by atoms with Crippen LogP contribution in [0, 0.1) is 5.92 Å². The molecule has 0 radical (unpaired) electrons. The number of likely N-dealkylation sites (tertiary alicyclic amines) is 1. The van der Waals surface area contributed by atoms with Crippen LogP contribution in [0.5, 0.6) is 0 Å². The Bertz CT molecular complexity index is 2670. The second-order valence-corrected chi connectivity index (χ2v) is 17.6. The molecule has 14 heteroatoms. The van der Waals surface area contributed by atoms with E-state index in [0.29, 0.717) is 24.8 Å². The molecule has 4 aliphatic heterocycles. The number of aromatic nitrogens is 4. The summed E-state index contributed by atoms with van der Waals surface area (Å²) in [5.74, 6) is 1.26. The molecule has 2 aromatic carbocycles. The summed E-state index contributed by atoms with van der Waals surface area (Å²) in [5, 5.41) is 11.1. The molecule has 4 aromatic heterocycles. The lowest BCUT2D eigenvalue weighted by atomic mass is 9.87. The van der Waals surface area contributed by atoms with Gasteiger partial charge < -0.3 is 20.4 Å². The Morgan fingerprint density at radius 2 is 1.72 bits per heavy atom. The number of amides is 3. The molecule has 13 nitrogen and oxygen atoms in total. The number of aryl methyl sites for hydroxylation is 1. The average Bonchev–Trinajstić information content (AvgIpc) is 3.70. The number of thiophene rings is 1. The van der Waals surface area contributed by atoms with E-state index in [1.165, 1.54) is 16.9 Å². The van der Waals surface area contributed by atoms with Crippen LogP contribution in [-0.2, 0) is 16.6 Å². The summed E-state index contributed by atoms with van der Waals surface area (Å²) < 4.78 is 4.35. The number of rotatable bonds is 6. The van der Waals surface area contributed by atoms with Crippen LogP contribution in [0.3, 0.4) is 0 Å². The Morgan fingerprint density at radius 3 is 2.50 bits per heavy atom. The summed E-state index contributed by atoms with van der Waals surface area (Å²) in [6.45, 7) is 7.78. The standard InChI is InChI=1S/C44H47N9O4S/c1-25-22-46-39-38-30-7-8-31(48-32(30)9-11-35(38)58-41(39)43(56)47-25)28-6-12-36(45-23-28)52-20-14-26(15-21-52)24-51-18-16-27(17-19-51)29-4-3-5-33-40(29)50(2)44(57)53(33)34-10-13-37(54)49-42(34)55/h3-9,11-12,23,25-27,34,46H,10,13-22,24H2,1-2H3,(H,47,56)(H,49,54,55)/t25-,34?/m1/s1. The molecule has 3 saturated heterocycles. The van der Waals surface area contributed by atoms with Crippen molar-refractivity contribution in [2.45, 2.75) is 63.5 Å². The molecule has 58 heavy (non-hydrogen) atoms. The normalized spacial score (nSPS) is 21.3. The molecule has 0 aliphatic carbocycles. The number of anilines is 2. The molecule has 298 valence electrons. The smallest absolute Gasteiger partial charge is 0.329 e. The molecular weight excluding hydrogens is 751 g/mol. The number of imidazole rings is 1. The Morgan fingerprint density at radius 1 is 0.897 bits per heavy atom. The number of carbonyl (C=O) groups is 3. The van der Waals surface area contributed by atoms with E-state index in [0.717, 1.165) is 118 Å². The maximum atomic E-state index is 13.5. The molecule has 8 heterocycles. The molecule has 4 aliphatic rings. The third kappa shape index (κ3) is 6.42. The van der Waals surface area contributed by atoms with Gasteiger partial charge in [-0.15, -0.1) is 11.3 Å². The molecule has 0 saturated carbocycles. The first-order valence-electron chi connectivity index (χ1n) is 20.6. The van der Waals surface area contributed by atoms with Gasteiger partial charge in [-0.25, -0.2) is 14.8 Å². The van der Waals surface area contributed by atoms with Gasteiger partial charge in [0.05, 0.1) is 27.9 Å². The van der Waals surface area contributed by atoms with Gasteiger partial charge in [0.25, 0.3) is 5.91 Å². The van der Waals surface area contributed by atoms with Crippen molar-refractivity contribution in [3.63, 3.8) is 0 Å². The first-order valence-corrected chi connectivity index (χ1v) is 21.4. The third-order valence-electron chi connectivity index (χ3n) is 12.9. The largest absolute Gasteiger partial charge is 0.381 e. The molecule has 0 spiro atoms. The first kappa shape index (κ1) is 36.7. The van der Waals surface area contributed by atoms with E-state index >= 15 is 0 Å². The molecule has 3 N–H and O–H groups in total. The number of piperidine rings is 3. The van der Waals surface area contributed by atoms with Gasteiger partial charge in [-0.1, -0.05) is 12.1 Å². The summed E-state index contributed by atoms with van der Waals surface area (Å²) in [6.07, 6.45) is 6.80. The average molecular weight is 798 g/mol. The van der Waals surface area contributed by atoms with E-state index in [1.807, 2.05) is 31.3 Å². The summed E-state index contributed by atoms with van der Waals surface area (Å²) in [6, 6.07) is 18.0. The Labute approximate surface area is 339 Å². The number of carbonyl (C=O) groups excluding carboxylic acids is 3. The maximum absolute atomic E-state index is 13.5. The molecule has 6 aromatic rings. The van der Waals surface area contributed by atoms with Crippen LogP contribution in [0.2, 0.25) is 0 Å². The summed E-state index contributed by atoms with van der Waals surface area (Å²) >= 11 is 1.52. The fourth-order valence-electron chi connectivity index (χ4n) is 9.78. The number of benzene rings is 2. The van der Waals surface area contributed by atoms with E-state index < -0.39 is 11.9 Å². The second-order valence-electron chi connectivity index (χ2n) is 16.6. The molecular formula is C44H47N9O4S. The fraction of sp³-hybridized carbons (Fsp3) is 0.409. The highest BCUT2D eigenvalue weighted by atomic mass is 32.1. The predicted octanol–water partition coefficient (Wildman–Crippen LogP) is 5.78. The van der Waals surface area contributed by atoms with Gasteiger partial charge in [-0.2, -0.15) is 0 Å². The van der Waals surface area contributed by atoms with Gasteiger partial charge in [0.1, 0.15) is 16.7 Å². The molecule has 3 amide bonds. The lowest BCUT2D eigenvalue weighted by Gasteiger charge is -2.38. The highest BCUT2D eigenvalue weighted by Crippen LogP contribution is 2.41. The number of nitrogens with one attached hydrogen (secondary N) is 3. The van der Waals surface area contributed by atoms with Gasteiger partial charge in [0.15, 0.2) is 0 Å². The van der Waals surface area contributed by atoms with E-state index in [4.69, 9.17) is 9.97 Å². The van der Waals surface area contributed by atoms with Gasteiger partial charge >= 0.3 is 5.69 Å². The van der Waals surface area contributed by atoms with Crippen molar-refractivity contribution in [2.24, 2.45) is 13.0 Å². The first-order chi connectivity index (χ1) is 28.2. The second kappa shape index (κ2) is 14.7. The zero-order chi connectivity index (χ0) is 39.7. The van der Waals surface area contributed by atoms with E-state index in [-0.39, 0.29) is 30.0 Å². The maximum Gasteiger partial charge on any atom is 0.329 e. The van der Waals surface area contributed by atoms with Crippen LogP contribution in [0.15, 0.2) is 65.6 Å².